The minimum Gasteiger partial charge on any atom is -0.326 e. The second-order valence-corrected chi connectivity index (χ2v) is 5.82. The van der Waals surface area contributed by atoms with Crippen LogP contribution in [-0.2, 0) is 6.54 Å². The highest BCUT2D eigenvalue weighted by Gasteiger charge is 2.25. The Morgan fingerprint density at radius 3 is 2.50 bits per heavy atom. The van der Waals surface area contributed by atoms with E-state index in [2.05, 4.69) is 50.4 Å². The van der Waals surface area contributed by atoms with E-state index in [1.165, 1.54) is 24.8 Å². The predicted octanol–water partition coefficient (Wildman–Crippen LogP) is 3.32. The SMILES string of the molecule is CCCCC(C)(C)C(N)CNCc1ccccc1. The lowest BCUT2D eigenvalue weighted by Gasteiger charge is -2.32. The summed E-state index contributed by atoms with van der Waals surface area (Å²) in [6, 6.07) is 10.7. The second kappa shape index (κ2) is 7.55. The van der Waals surface area contributed by atoms with Crippen LogP contribution in [0.3, 0.4) is 0 Å². The molecule has 0 heterocycles. The highest BCUT2D eigenvalue weighted by Crippen LogP contribution is 2.26. The summed E-state index contributed by atoms with van der Waals surface area (Å²) in [6.45, 7) is 8.56. The van der Waals surface area contributed by atoms with Crippen LogP contribution in [0, 0.1) is 5.41 Å². The molecule has 3 N–H and O–H groups in total. The van der Waals surface area contributed by atoms with Crippen LogP contribution in [0.5, 0.6) is 0 Å². The van der Waals surface area contributed by atoms with Crippen LogP contribution in [0.4, 0.5) is 0 Å². The van der Waals surface area contributed by atoms with E-state index >= 15 is 0 Å². The van der Waals surface area contributed by atoms with Gasteiger partial charge in [-0.1, -0.05) is 63.9 Å². The maximum atomic E-state index is 6.29. The van der Waals surface area contributed by atoms with E-state index in [4.69, 9.17) is 5.73 Å². The van der Waals surface area contributed by atoms with Crippen molar-refractivity contribution < 1.29 is 0 Å². The third-order valence-corrected chi connectivity index (χ3v) is 3.71. The molecule has 1 atom stereocenters. The van der Waals surface area contributed by atoms with Crippen molar-refractivity contribution in [2.75, 3.05) is 6.54 Å². The zero-order valence-electron chi connectivity index (χ0n) is 12.1. The average molecular weight is 248 g/mol. The first-order valence-corrected chi connectivity index (χ1v) is 7.06. The molecule has 1 unspecified atom stereocenters. The third-order valence-electron chi connectivity index (χ3n) is 3.71. The number of unbranched alkanes of at least 4 members (excludes halogenated alkanes) is 1. The molecule has 1 rings (SSSR count). The first-order valence-electron chi connectivity index (χ1n) is 7.06. The van der Waals surface area contributed by atoms with Crippen LogP contribution in [0.25, 0.3) is 0 Å². The summed E-state index contributed by atoms with van der Waals surface area (Å²) in [4.78, 5) is 0. The lowest BCUT2D eigenvalue weighted by molar-refractivity contribution is 0.248. The Morgan fingerprint density at radius 1 is 1.22 bits per heavy atom. The molecule has 0 spiro atoms. The molecule has 0 saturated heterocycles. The summed E-state index contributed by atoms with van der Waals surface area (Å²) in [5, 5.41) is 3.46. The van der Waals surface area contributed by atoms with Crippen molar-refractivity contribution in [3.8, 4) is 0 Å². The van der Waals surface area contributed by atoms with Crippen LogP contribution in [-0.4, -0.2) is 12.6 Å². The monoisotopic (exact) mass is 248 g/mol. The normalized spacial score (nSPS) is 13.6. The van der Waals surface area contributed by atoms with Crippen LogP contribution in [0.15, 0.2) is 30.3 Å². The van der Waals surface area contributed by atoms with Crippen molar-refractivity contribution >= 4 is 0 Å². The van der Waals surface area contributed by atoms with Crippen molar-refractivity contribution in [2.45, 2.75) is 52.6 Å². The molecule has 102 valence electrons. The van der Waals surface area contributed by atoms with Gasteiger partial charge in [-0.2, -0.15) is 0 Å². The molecule has 2 nitrogen and oxygen atoms in total. The minimum absolute atomic E-state index is 0.216. The summed E-state index contributed by atoms with van der Waals surface area (Å²) in [7, 11) is 0. The highest BCUT2D eigenvalue weighted by atomic mass is 14.9. The number of hydrogen-bond acceptors (Lipinski definition) is 2. The first-order chi connectivity index (χ1) is 8.56. The second-order valence-electron chi connectivity index (χ2n) is 5.82. The van der Waals surface area contributed by atoms with Crippen molar-refractivity contribution in [1.29, 1.82) is 0 Å². The molecule has 0 amide bonds. The lowest BCUT2D eigenvalue weighted by Crippen LogP contribution is -2.44. The quantitative estimate of drug-likeness (QED) is 0.740. The van der Waals surface area contributed by atoms with Gasteiger partial charge in [-0.15, -0.1) is 0 Å². The van der Waals surface area contributed by atoms with Gasteiger partial charge in [0.1, 0.15) is 0 Å². The Hall–Kier alpha value is -0.860. The summed E-state index contributed by atoms with van der Waals surface area (Å²) < 4.78 is 0. The number of benzene rings is 1. The lowest BCUT2D eigenvalue weighted by atomic mass is 9.80. The predicted molar refractivity (Wildman–Crippen MR) is 79.4 cm³/mol. The molecule has 2 heteroatoms. The molecular formula is C16H28N2. The molecular weight excluding hydrogens is 220 g/mol. The molecule has 0 aliphatic rings. The topological polar surface area (TPSA) is 38.0 Å². The summed E-state index contributed by atoms with van der Waals surface area (Å²) >= 11 is 0. The standard InChI is InChI=1S/C16H28N2/c1-4-5-11-16(2,3)15(17)13-18-12-14-9-7-6-8-10-14/h6-10,15,18H,4-5,11-13,17H2,1-3H3. The molecule has 0 fully saturated rings. The van der Waals surface area contributed by atoms with E-state index in [-0.39, 0.29) is 11.5 Å². The van der Waals surface area contributed by atoms with Crippen LogP contribution < -0.4 is 11.1 Å². The fraction of sp³-hybridized carbons (Fsp3) is 0.625. The molecule has 1 aromatic rings. The van der Waals surface area contributed by atoms with Gasteiger partial charge in [0.15, 0.2) is 0 Å². The highest BCUT2D eigenvalue weighted by molar-refractivity contribution is 5.14. The van der Waals surface area contributed by atoms with Crippen LogP contribution in [0.2, 0.25) is 0 Å². The van der Waals surface area contributed by atoms with Crippen molar-refractivity contribution in [1.82, 2.24) is 5.32 Å². The molecule has 1 aromatic carbocycles. The van der Waals surface area contributed by atoms with Gasteiger partial charge in [-0.3, -0.25) is 0 Å². The zero-order valence-corrected chi connectivity index (χ0v) is 12.1. The molecule has 0 aromatic heterocycles. The van der Waals surface area contributed by atoms with E-state index in [0.29, 0.717) is 0 Å². The first kappa shape index (κ1) is 15.2. The molecule has 0 saturated carbocycles. The molecule has 0 aliphatic carbocycles. The molecule has 0 bridgehead atoms. The van der Waals surface area contributed by atoms with Crippen LogP contribution in [0.1, 0.15) is 45.6 Å². The van der Waals surface area contributed by atoms with Gasteiger partial charge >= 0.3 is 0 Å². The maximum Gasteiger partial charge on any atom is 0.0217 e. The third kappa shape index (κ3) is 5.19. The van der Waals surface area contributed by atoms with Gasteiger partial charge in [0.25, 0.3) is 0 Å². The van der Waals surface area contributed by atoms with Crippen molar-refractivity contribution in [3.63, 3.8) is 0 Å². The van der Waals surface area contributed by atoms with Crippen molar-refractivity contribution in [2.24, 2.45) is 11.1 Å². The van der Waals surface area contributed by atoms with E-state index < -0.39 is 0 Å². The fourth-order valence-electron chi connectivity index (χ4n) is 2.06. The Bertz CT molecular complexity index is 319. The molecule has 0 aliphatic heterocycles. The van der Waals surface area contributed by atoms with E-state index in [0.717, 1.165) is 13.1 Å². The summed E-state index contributed by atoms with van der Waals surface area (Å²) in [5.74, 6) is 0. The summed E-state index contributed by atoms with van der Waals surface area (Å²) in [5.41, 5.74) is 7.83. The zero-order chi connectivity index (χ0) is 13.4. The van der Waals surface area contributed by atoms with E-state index in [1.807, 2.05) is 6.07 Å². The number of hydrogen-bond donors (Lipinski definition) is 2. The van der Waals surface area contributed by atoms with Gasteiger partial charge < -0.3 is 11.1 Å². The Morgan fingerprint density at radius 2 is 1.89 bits per heavy atom. The Kier molecular flexibility index (Phi) is 6.37. The Balaban J connectivity index is 2.30. The van der Waals surface area contributed by atoms with E-state index in [9.17, 15) is 0 Å². The van der Waals surface area contributed by atoms with Gasteiger partial charge in [0.05, 0.1) is 0 Å². The largest absolute Gasteiger partial charge is 0.326 e. The number of nitrogens with one attached hydrogen (secondary N) is 1. The maximum absolute atomic E-state index is 6.29. The fourth-order valence-corrected chi connectivity index (χ4v) is 2.06. The molecule has 0 radical (unpaired) electrons. The number of rotatable bonds is 8. The van der Waals surface area contributed by atoms with Crippen LogP contribution >= 0.6 is 0 Å². The Labute approximate surface area is 112 Å². The summed E-state index contributed by atoms with van der Waals surface area (Å²) in [6.07, 6.45) is 3.71. The van der Waals surface area contributed by atoms with Crippen molar-refractivity contribution in [3.05, 3.63) is 35.9 Å². The smallest absolute Gasteiger partial charge is 0.0217 e. The van der Waals surface area contributed by atoms with Gasteiger partial charge in [0, 0.05) is 19.1 Å². The van der Waals surface area contributed by atoms with Gasteiger partial charge in [-0.05, 0) is 17.4 Å². The van der Waals surface area contributed by atoms with Gasteiger partial charge in [0.2, 0.25) is 0 Å². The van der Waals surface area contributed by atoms with Gasteiger partial charge in [-0.25, -0.2) is 0 Å². The minimum atomic E-state index is 0.216. The van der Waals surface area contributed by atoms with E-state index in [1.54, 1.807) is 0 Å². The average Bonchev–Trinajstić information content (AvgIpc) is 2.37. The number of nitrogens with two attached hydrogens (primary N) is 1. The molecule has 18 heavy (non-hydrogen) atoms.